The molecule has 15 heavy (non-hydrogen) atoms. The van der Waals surface area contributed by atoms with Crippen LogP contribution in [0.2, 0.25) is 0 Å². The first kappa shape index (κ1) is 13.9. The van der Waals surface area contributed by atoms with Crippen molar-refractivity contribution in [1.82, 2.24) is 0 Å². The summed E-state index contributed by atoms with van der Waals surface area (Å²) >= 11 is 0. The Morgan fingerprint density at radius 2 is 1.47 bits per heavy atom. The Kier molecular flexibility index (Phi) is 4.78. The molecule has 0 saturated carbocycles. The molecule has 0 fully saturated rings. The average molecular weight is 216 g/mol. The normalized spacial score (nSPS) is 12.1. The molecule has 4 heteroatoms. The Bertz CT molecular complexity index is 229. The molecule has 0 aliphatic carbocycles. The van der Waals surface area contributed by atoms with Gasteiger partial charge in [0.2, 0.25) is 0 Å². The zero-order chi connectivity index (χ0) is 12.2. The van der Waals surface area contributed by atoms with Gasteiger partial charge in [0, 0.05) is 0 Å². The first-order valence-corrected chi connectivity index (χ1v) is 5.22. The van der Waals surface area contributed by atoms with Crippen molar-refractivity contribution in [3.05, 3.63) is 0 Å². The zero-order valence-corrected chi connectivity index (χ0v) is 9.78. The minimum atomic E-state index is -1.63. The third-order valence-electron chi connectivity index (χ3n) is 2.86. The molecule has 0 bridgehead atoms. The van der Waals surface area contributed by atoms with E-state index in [9.17, 15) is 9.59 Å². The van der Waals surface area contributed by atoms with Crippen LogP contribution in [0.15, 0.2) is 0 Å². The largest absolute Gasteiger partial charge is 0.480 e. The van der Waals surface area contributed by atoms with Crippen molar-refractivity contribution >= 4 is 11.9 Å². The van der Waals surface area contributed by atoms with Crippen LogP contribution in [-0.4, -0.2) is 22.2 Å². The topological polar surface area (TPSA) is 74.6 Å². The molecule has 0 aromatic carbocycles. The Morgan fingerprint density at radius 1 is 1.07 bits per heavy atom. The smallest absolute Gasteiger partial charge is 0.321 e. The number of carboxylic acid groups (broad SMARTS) is 2. The SMILES string of the molecule is CC(C)CCC(C(=O)O)(C(=O)O)C(C)C. The molecular weight excluding hydrogens is 196 g/mol. The van der Waals surface area contributed by atoms with E-state index in [2.05, 4.69) is 0 Å². The van der Waals surface area contributed by atoms with E-state index in [0.29, 0.717) is 12.3 Å². The summed E-state index contributed by atoms with van der Waals surface area (Å²) in [7, 11) is 0. The van der Waals surface area contributed by atoms with E-state index < -0.39 is 23.3 Å². The highest BCUT2D eigenvalue weighted by molar-refractivity contribution is 5.98. The van der Waals surface area contributed by atoms with E-state index in [1.165, 1.54) is 0 Å². The highest BCUT2D eigenvalue weighted by Crippen LogP contribution is 2.35. The minimum absolute atomic E-state index is 0.188. The van der Waals surface area contributed by atoms with Crippen molar-refractivity contribution in [2.24, 2.45) is 17.3 Å². The van der Waals surface area contributed by atoms with Gasteiger partial charge in [0.1, 0.15) is 0 Å². The van der Waals surface area contributed by atoms with Gasteiger partial charge in [-0.05, 0) is 24.7 Å². The summed E-state index contributed by atoms with van der Waals surface area (Å²) in [6.07, 6.45) is 0.795. The van der Waals surface area contributed by atoms with Crippen molar-refractivity contribution < 1.29 is 19.8 Å². The second kappa shape index (κ2) is 5.14. The summed E-state index contributed by atoms with van der Waals surface area (Å²) in [5, 5.41) is 18.2. The van der Waals surface area contributed by atoms with E-state index >= 15 is 0 Å². The molecule has 0 aliphatic rings. The molecule has 0 aromatic heterocycles. The van der Waals surface area contributed by atoms with Gasteiger partial charge in [0.15, 0.2) is 5.41 Å². The van der Waals surface area contributed by atoms with Crippen LogP contribution >= 0.6 is 0 Å². The fourth-order valence-corrected chi connectivity index (χ4v) is 1.60. The van der Waals surface area contributed by atoms with Crippen LogP contribution in [0.1, 0.15) is 40.5 Å². The predicted molar refractivity (Wildman–Crippen MR) is 56.6 cm³/mol. The summed E-state index contributed by atoms with van der Waals surface area (Å²) in [4.78, 5) is 22.3. The molecule has 0 aliphatic heterocycles. The van der Waals surface area contributed by atoms with Gasteiger partial charge in [-0.15, -0.1) is 0 Å². The number of rotatable bonds is 6. The van der Waals surface area contributed by atoms with E-state index in [4.69, 9.17) is 10.2 Å². The highest BCUT2D eigenvalue weighted by Gasteiger charge is 2.48. The third-order valence-corrected chi connectivity index (χ3v) is 2.86. The summed E-state index contributed by atoms with van der Waals surface area (Å²) in [5.74, 6) is -2.57. The standard InChI is InChI=1S/C11H20O4/c1-7(2)5-6-11(8(3)4,9(12)13)10(14)15/h7-8H,5-6H2,1-4H3,(H,12,13)(H,14,15). The van der Waals surface area contributed by atoms with Crippen molar-refractivity contribution in [3.8, 4) is 0 Å². The van der Waals surface area contributed by atoms with E-state index in [1.807, 2.05) is 13.8 Å². The van der Waals surface area contributed by atoms with Crippen LogP contribution < -0.4 is 0 Å². The van der Waals surface area contributed by atoms with Gasteiger partial charge >= 0.3 is 11.9 Å². The van der Waals surface area contributed by atoms with Gasteiger partial charge in [0.05, 0.1) is 0 Å². The number of aliphatic carboxylic acids is 2. The molecule has 0 unspecified atom stereocenters. The lowest BCUT2D eigenvalue weighted by molar-refractivity contribution is -0.169. The molecular formula is C11H20O4. The molecule has 0 radical (unpaired) electrons. The number of hydrogen-bond acceptors (Lipinski definition) is 2. The number of carboxylic acids is 2. The molecule has 2 N–H and O–H groups in total. The van der Waals surface area contributed by atoms with Crippen molar-refractivity contribution in [2.75, 3.05) is 0 Å². The molecule has 0 amide bonds. The summed E-state index contributed by atoms with van der Waals surface area (Å²) in [6, 6.07) is 0. The second-order valence-corrected chi connectivity index (χ2v) is 4.67. The Hall–Kier alpha value is -1.06. The molecule has 0 atom stereocenters. The van der Waals surface area contributed by atoms with Gasteiger partial charge in [-0.1, -0.05) is 27.7 Å². The van der Waals surface area contributed by atoms with Gasteiger partial charge in [0.25, 0.3) is 0 Å². The molecule has 0 spiro atoms. The van der Waals surface area contributed by atoms with Gasteiger partial charge in [-0.25, -0.2) is 0 Å². The van der Waals surface area contributed by atoms with Gasteiger partial charge in [-0.3, -0.25) is 9.59 Å². The van der Waals surface area contributed by atoms with E-state index in [1.54, 1.807) is 13.8 Å². The maximum Gasteiger partial charge on any atom is 0.321 e. The predicted octanol–water partition coefficient (Wildman–Crippen LogP) is 2.23. The zero-order valence-electron chi connectivity index (χ0n) is 9.78. The molecule has 0 heterocycles. The first-order chi connectivity index (χ1) is 6.75. The summed E-state index contributed by atoms with van der Waals surface area (Å²) < 4.78 is 0. The van der Waals surface area contributed by atoms with Crippen molar-refractivity contribution in [1.29, 1.82) is 0 Å². The third kappa shape index (κ3) is 2.94. The summed E-state index contributed by atoms with van der Waals surface area (Å²) in [6.45, 7) is 7.19. The maximum atomic E-state index is 11.1. The van der Waals surface area contributed by atoms with Crippen LogP contribution in [0.4, 0.5) is 0 Å². The van der Waals surface area contributed by atoms with Gasteiger partial charge < -0.3 is 10.2 Å². The molecule has 0 saturated heterocycles. The lowest BCUT2D eigenvalue weighted by Crippen LogP contribution is -2.44. The first-order valence-electron chi connectivity index (χ1n) is 5.22. The van der Waals surface area contributed by atoms with Crippen molar-refractivity contribution in [2.45, 2.75) is 40.5 Å². The summed E-state index contributed by atoms with van der Waals surface area (Å²) in [5.41, 5.74) is -1.63. The maximum absolute atomic E-state index is 11.1. The van der Waals surface area contributed by atoms with Crippen LogP contribution in [0.3, 0.4) is 0 Å². The quantitative estimate of drug-likeness (QED) is 0.668. The van der Waals surface area contributed by atoms with Crippen LogP contribution in [0.25, 0.3) is 0 Å². The van der Waals surface area contributed by atoms with E-state index in [-0.39, 0.29) is 6.42 Å². The monoisotopic (exact) mass is 216 g/mol. The molecule has 88 valence electrons. The second-order valence-electron chi connectivity index (χ2n) is 4.67. The number of hydrogen-bond donors (Lipinski definition) is 2. The number of carbonyl (C=O) groups is 2. The highest BCUT2D eigenvalue weighted by atomic mass is 16.4. The molecule has 0 aromatic rings. The Balaban J connectivity index is 4.97. The Labute approximate surface area is 90.3 Å². The van der Waals surface area contributed by atoms with Crippen LogP contribution in [0, 0.1) is 17.3 Å². The van der Waals surface area contributed by atoms with Gasteiger partial charge in [-0.2, -0.15) is 0 Å². The lowest BCUT2D eigenvalue weighted by atomic mass is 9.72. The molecule has 0 rings (SSSR count). The lowest BCUT2D eigenvalue weighted by Gasteiger charge is -2.29. The Morgan fingerprint density at radius 3 is 1.67 bits per heavy atom. The van der Waals surface area contributed by atoms with Crippen molar-refractivity contribution in [3.63, 3.8) is 0 Å². The average Bonchev–Trinajstić information content (AvgIpc) is 2.02. The van der Waals surface area contributed by atoms with Crippen LogP contribution in [-0.2, 0) is 9.59 Å². The van der Waals surface area contributed by atoms with Crippen LogP contribution in [0.5, 0.6) is 0 Å². The molecule has 4 nitrogen and oxygen atoms in total. The fraction of sp³-hybridized carbons (Fsp3) is 0.818. The minimum Gasteiger partial charge on any atom is -0.480 e. The van der Waals surface area contributed by atoms with E-state index in [0.717, 1.165) is 0 Å². The fourth-order valence-electron chi connectivity index (χ4n) is 1.60.